The maximum atomic E-state index is 15.8. The Labute approximate surface area is 682 Å². The van der Waals surface area contributed by atoms with E-state index in [0.717, 1.165) is 9.80 Å². The minimum absolute atomic E-state index is 0.0696. The van der Waals surface area contributed by atoms with Crippen molar-refractivity contribution < 1.29 is 119 Å². The van der Waals surface area contributed by atoms with E-state index >= 15 is 9.59 Å². The summed E-state index contributed by atoms with van der Waals surface area (Å²) in [5.41, 5.74) is -7.44. The van der Waals surface area contributed by atoms with Crippen LogP contribution in [0.1, 0.15) is 244 Å². The molecule has 6 amide bonds. The lowest BCUT2D eigenvalue weighted by atomic mass is 10.0. The van der Waals surface area contributed by atoms with Gasteiger partial charge in [-0.2, -0.15) is 0 Å². The van der Waals surface area contributed by atoms with Gasteiger partial charge in [0.1, 0.15) is 56.9 Å². The molecule has 33 nitrogen and oxygen atoms in total. The number of carbonyl (C=O) groups is 12. The number of hydrogen-bond acceptors (Lipinski definition) is 27. The zero-order chi connectivity index (χ0) is 87.7. The molecule has 4 aromatic carbocycles. The van der Waals surface area contributed by atoms with E-state index in [-0.39, 0.29) is 107 Å². The molecule has 4 N–H and O–H groups in total. The summed E-state index contributed by atoms with van der Waals surface area (Å²) < 4.78 is 76.0. The minimum atomic E-state index is -1.76. The summed E-state index contributed by atoms with van der Waals surface area (Å²) >= 11 is 0. The van der Waals surface area contributed by atoms with Crippen LogP contribution < -0.4 is 40.2 Å². The Morgan fingerprint density at radius 1 is 0.402 bits per heavy atom. The van der Waals surface area contributed by atoms with Crippen LogP contribution in [0.5, 0.6) is 23.0 Å². The average Bonchev–Trinajstić information content (AvgIpc) is 0.817. The zero-order valence-corrected chi connectivity index (χ0v) is 71.6. The first-order chi connectivity index (χ1) is 53.9. The second-order valence-electron chi connectivity index (χ2n) is 35.3. The fourth-order valence-corrected chi connectivity index (χ4v) is 11.2. The third-order valence-electron chi connectivity index (χ3n) is 15.2. The van der Waals surface area contributed by atoms with Crippen molar-refractivity contribution in [1.82, 2.24) is 31.1 Å². The number of fused-ring (bicyclic) bond motifs is 4. The van der Waals surface area contributed by atoms with Crippen LogP contribution in [-0.4, -0.2) is 190 Å². The number of ether oxygens (including phenoxy) is 13. The number of amides is 6. The smallest absolute Gasteiger partial charge is 0.414 e. The van der Waals surface area contributed by atoms with Gasteiger partial charge in [0.25, 0.3) is 11.8 Å². The number of para-hydroxylation sites is 2. The highest BCUT2D eigenvalue weighted by Gasteiger charge is 2.42. The molecule has 0 unspecified atom stereocenters. The molecule has 0 fully saturated rings. The second-order valence-corrected chi connectivity index (χ2v) is 35.3. The number of nitrogens with one attached hydrogen (secondary N) is 4. The lowest BCUT2D eigenvalue weighted by Gasteiger charge is -2.34. The number of guanidine groups is 2. The van der Waals surface area contributed by atoms with E-state index in [9.17, 15) is 47.9 Å². The fraction of sp³-hybridized carbons (Fsp3) is 0.548. The first-order valence-electron chi connectivity index (χ1n) is 38.4. The van der Waals surface area contributed by atoms with E-state index in [4.69, 9.17) is 61.6 Å². The highest BCUT2D eigenvalue weighted by Crippen LogP contribution is 2.38. The molecule has 2 heterocycles. The van der Waals surface area contributed by atoms with Crippen LogP contribution in [0.2, 0.25) is 0 Å². The van der Waals surface area contributed by atoms with Gasteiger partial charge in [0.05, 0.1) is 72.9 Å². The van der Waals surface area contributed by atoms with Crippen molar-refractivity contribution in [3.63, 3.8) is 0 Å². The van der Waals surface area contributed by atoms with Gasteiger partial charge in [-0.25, -0.2) is 48.3 Å². The first kappa shape index (κ1) is 94.5. The molecule has 640 valence electrons. The molecule has 2 aliphatic heterocycles. The molecule has 0 saturated heterocycles. The molecular formula is C84H114N8O25. The molecule has 6 rings (SSSR count). The van der Waals surface area contributed by atoms with E-state index in [1.54, 1.807) is 178 Å². The molecule has 0 aliphatic carbocycles. The number of rotatable bonds is 18. The van der Waals surface area contributed by atoms with Crippen molar-refractivity contribution in [2.24, 2.45) is 9.98 Å². The number of nitrogens with zero attached hydrogens (tertiary/aromatic N) is 4. The summed E-state index contributed by atoms with van der Waals surface area (Å²) in [6.07, 6.45) is -4.61. The Hall–Kier alpha value is -11.4. The molecule has 2 atom stereocenters. The number of hydrogen-bond donors (Lipinski definition) is 4. The molecule has 2 aliphatic rings. The maximum Gasteiger partial charge on any atom is 0.414 e. The van der Waals surface area contributed by atoms with Gasteiger partial charge in [-0.05, 0) is 264 Å². The molecule has 0 bridgehead atoms. The minimum Gasteiger partial charge on any atom is -0.489 e. The lowest BCUT2D eigenvalue weighted by Crippen LogP contribution is -2.51. The highest BCUT2D eigenvalue weighted by molar-refractivity contribution is 6.05. The van der Waals surface area contributed by atoms with E-state index in [1.165, 1.54) is 60.7 Å². The van der Waals surface area contributed by atoms with Gasteiger partial charge in [-0.3, -0.25) is 40.4 Å². The molecule has 0 saturated carbocycles. The van der Waals surface area contributed by atoms with E-state index in [1.807, 2.05) is 0 Å². The summed E-state index contributed by atoms with van der Waals surface area (Å²) in [5.74, 6) is -9.24. The predicted molar refractivity (Wildman–Crippen MR) is 428 cm³/mol. The Morgan fingerprint density at radius 3 is 0.991 bits per heavy atom. The average molecular weight is 1640 g/mol. The summed E-state index contributed by atoms with van der Waals surface area (Å²) in [5, 5.41) is 9.73. The summed E-state index contributed by atoms with van der Waals surface area (Å²) in [6, 6.07) is 13.6. The maximum absolute atomic E-state index is 15.8. The largest absolute Gasteiger partial charge is 0.489 e. The first-order valence-corrected chi connectivity index (χ1v) is 38.4. The van der Waals surface area contributed by atoms with Crippen molar-refractivity contribution in [1.29, 1.82) is 0 Å². The second kappa shape index (κ2) is 39.0. The summed E-state index contributed by atoms with van der Waals surface area (Å²) in [7, 11) is 0. The van der Waals surface area contributed by atoms with Crippen LogP contribution in [0.4, 0.5) is 30.6 Å². The SMILES string of the molecule is CC(C)(C)OC(=O)C[C@@H](C(=O)OC(C)(C)C)N(CCOCCN(C(=O)c1cccc2c1OCCCc1cc(N=C(NC(=O)OC(C)(C)C)NC(=O)OC(C)(C)C)ccc1C(=O)O2)[C@@H](CC(=O)OC(C)(C)C)C(=O)OC(C)(C)C)C(=O)c1cccc2c1OCCCc1cc(N=C(NC(=O)OC(C)(C)C)NC(=O)OC(C)(C)C)ccc1C(=O)O2. The Balaban J connectivity index is 1.39. The molecule has 4 aromatic rings. The van der Waals surface area contributed by atoms with Crippen LogP contribution in [0.3, 0.4) is 0 Å². The highest BCUT2D eigenvalue weighted by atomic mass is 16.6. The van der Waals surface area contributed by atoms with Gasteiger partial charge < -0.3 is 71.4 Å². The third kappa shape index (κ3) is 32.3. The number of carbonyl (C=O) groups excluding carboxylic acids is 12. The number of benzene rings is 4. The van der Waals surface area contributed by atoms with Gasteiger partial charge in [-0.1, -0.05) is 12.1 Å². The van der Waals surface area contributed by atoms with Crippen LogP contribution in [0, 0.1) is 0 Å². The fourth-order valence-electron chi connectivity index (χ4n) is 11.2. The third-order valence-corrected chi connectivity index (χ3v) is 15.2. The van der Waals surface area contributed by atoms with Gasteiger partial charge in [-0.15, -0.1) is 0 Å². The Morgan fingerprint density at radius 2 is 0.701 bits per heavy atom. The predicted octanol–water partition coefficient (Wildman–Crippen LogP) is 13.3. The molecule has 0 aromatic heterocycles. The molecule has 0 radical (unpaired) electrons. The van der Waals surface area contributed by atoms with Crippen molar-refractivity contribution in [3.8, 4) is 23.0 Å². The summed E-state index contributed by atoms with van der Waals surface area (Å²) in [6.45, 7) is 36.7. The monoisotopic (exact) mass is 1630 g/mol. The number of alkyl carbamates (subject to hydrolysis) is 4. The Bertz CT molecular complexity index is 4060. The van der Waals surface area contributed by atoms with Crippen LogP contribution in [0.15, 0.2) is 82.8 Å². The van der Waals surface area contributed by atoms with Gasteiger partial charge in [0, 0.05) is 13.1 Å². The van der Waals surface area contributed by atoms with Gasteiger partial charge >= 0.3 is 60.2 Å². The van der Waals surface area contributed by atoms with Crippen LogP contribution in [-0.2, 0) is 74.7 Å². The lowest BCUT2D eigenvalue weighted by molar-refractivity contribution is -0.168. The Kier molecular flexibility index (Phi) is 31.5. The normalized spacial score (nSPS) is 13.9. The van der Waals surface area contributed by atoms with E-state index < -0.39 is 168 Å². The van der Waals surface area contributed by atoms with Crippen molar-refractivity contribution in [3.05, 3.63) is 106 Å². The zero-order valence-electron chi connectivity index (χ0n) is 71.6. The van der Waals surface area contributed by atoms with Crippen molar-refractivity contribution in [2.75, 3.05) is 39.5 Å². The number of esters is 6. The summed E-state index contributed by atoms with van der Waals surface area (Å²) in [4.78, 5) is 181. The molecule has 33 heteroatoms. The van der Waals surface area contributed by atoms with Crippen molar-refractivity contribution >= 4 is 95.3 Å². The van der Waals surface area contributed by atoms with Crippen LogP contribution >= 0.6 is 0 Å². The molecule has 117 heavy (non-hydrogen) atoms. The topological polar surface area (TPSA) is 404 Å². The number of aliphatic imine (C=N–C) groups is 2. The van der Waals surface area contributed by atoms with Crippen LogP contribution in [0.25, 0.3) is 0 Å². The molecular weight excluding hydrogens is 1520 g/mol. The van der Waals surface area contributed by atoms with Crippen molar-refractivity contribution in [2.45, 2.75) is 262 Å². The van der Waals surface area contributed by atoms with E-state index in [0.29, 0.717) is 11.1 Å². The number of aryl methyl sites for hydroxylation is 2. The van der Waals surface area contributed by atoms with E-state index in [2.05, 4.69) is 31.3 Å². The standard InChI is InChI=1S/C84H114N8O25/c1-77(2,3)110-61(93)47-57(69(99)112-79(7,8)9)91(65(95)55-31-25-33-59-63(55)106-41-27-29-49-45-51(35-37-53(49)67(97)108-59)85-71(87-73(101)114-81(13,14)15)88-74(102)115-82(16,17)18)39-43-105-44-40-92(58(70(100)113-80(10,11)12)48-62(94)111-78(4,5)6)66(96)56-32-26-34-60-64(56)107-42-28-30-50-46-52(36-38-54(50)68(98)109-60)86-72(89-75(103)116-83(19,20)21)90-76(104)117-84(22,23)24/h25-26,31-38,45-46,57-58H,27-30,39-44,47-48H2,1-24H3,(H2,85,87,88,101,102)(H2,86,89,90,103,104)/t57-,58-/m0/s1. The quantitative estimate of drug-likeness (QED) is 0.0179. The van der Waals surface area contributed by atoms with Gasteiger partial charge in [0.2, 0.25) is 11.9 Å². The van der Waals surface area contributed by atoms with Gasteiger partial charge in [0.15, 0.2) is 23.0 Å². The molecule has 0 spiro atoms.